The van der Waals surface area contributed by atoms with Crippen molar-refractivity contribution in [2.75, 3.05) is 40.3 Å². The number of hydrogen-bond donors (Lipinski definition) is 2. The summed E-state index contributed by atoms with van der Waals surface area (Å²) in [5, 5.41) is 9.90. The van der Waals surface area contributed by atoms with E-state index in [9.17, 15) is 8.42 Å². The van der Waals surface area contributed by atoms with E-state index in [0.717, 1.165) is 24.3 Å². The molecule has 1 aromatic heterocycles. The number of aromatic amines is 1. The fourth-order valence-corrected chi connectivity index (χ4v) is 3.77. The fraction of sp³-hybridized carbons (Fsp3) is 0.727. The molecule has 19 heavy (non-hydrogen) atoms. The van der Waals surface area contributed by atoms with Crippen LogP contribution < -0.4 is 5.32 Å². The van der Waals surface area contributed by atoms with Gasteiger partial charge < -0.3 is 10.2 Å². The lowest BCUT2D eigenvalue weighted by atomic mass is 10.3. The minimum atomic E-state index is -3.49. The largest absolute Gasteiger partial charge is 0.316 e. The van der Waals surface area contributed by atoms with Crippen LogP contribution in [0.1, 0.15) is 11.3 Å². The molecule has 0 saturated carbocycles. The number of nitrogens with one attached hydrogen (secondary N) is 2. The molecule has 0 amide bonds. The van der Waals surface area contributed by atoms with Crippen molar-refractivity contribution in [3.63, 3.8) is 0 Å². The monoisotopic (exact) mass is 287 g/mol. The molecule has 8 heteroatoms. The Kier molecular flexibility index (Phi) is 4.24. The molecular weight excluding hydrogens is 266 g/mol. The summed E-state index contributed by atoms with van der Waals surface area (Å²) in [4.78, 5) is 2.12. The van der Waals surface area contributed by atoms with E-state index in [1.807, 2.05) is 14.0 Å². The molecule has 1 aliphatic heterocycles. The van der Waals surface area contributed by atoms with Crippen LogP contribution in [0.25, 0.3) is 0 Å². The standard InChI is InChI=1S/C11H21N5O2S/c1-9-10(8-12-2)11(14-13-9)19(17,18)16-6-4-15(3)5-7-16/h12H,4-8H2,1-3H3,(H,13,14). The summed E-state index contributed by atoms with van der Waals surface area (Å²) in [7, 11) is 0.292. The molecule has 0 aliphatic carbocycles. The van der Waals surface area contributed by atoms with Gasteiger partial charge in [0.05, 0.1) is 0 Å². The molecule has 1 saturated heterocycles. The van der Waals surface area contributed by atoms with E-state index in [0.29, 0.717) is 19.6 Å². The Bertz CT molecular complexity index is 531. The molecule has 0 unspecified atom stereocenters. The quantitative estimate of drug-likeness (QED) is 0.771. The van der Waals surface area contributed by atoms with Crippen molar-refractivity contribution >= 4 is 10.0 Å². The van der Waals surface area contributed by atoms with Gasteiger partial charge in [-0.3, -0.25) is 5.10 Å². The predicted molar refractivity (Wildman–Crippen MR) is 72.3 cm³/mol. The molecule has 2 N–H and O–H groups in total. The number of piperazine rings is 1. The molecule has 0 radical (unpaired) electrons. The zero-order chi connectivity index (χ0) is 14.0. The summed E-state index contributed by atoms with van der Waals surface area (Å²) in [5.41, 5.74) is 1.52. The van der Waals surface area contributed by atoms with Gasteiger partial charge in [-0.25, -0.2) is 8.42 Å². The van der Waals surface area contributed by atoms with E-state index >= 15 is 0 Å². The minimum Gasteiger partial charge on any atom is -0.316 e. The topological polar surface area (TPSA) is 81.3 Å². The zero-order valence-electron chi connectivity index (χ0n) is 11.6. The predicted octanol–water partition coefficient (Wildman–Crippen LogP) is -0.626. The van der Waals surface area contributed by atoms with Crippen LogP contribution in [0.4, 0.5) is 0 Å². The summed E-state index contributed by atoms with van der Waals surface area (Å²) in [6, 6.07) is 0. The Morgan fingerprint density at radius 2 is 1.95 bits per heavy atom. The van der Waals surface area contributed by atoms with Crippen LogP contribution in [0.5, 0.6) is 0 Å². The lowest BCUT2D eigenvalue weighted by Crippen LogP contribution is -2.47. The van der Waals surface area contributed by atoms with E-state index in [4.69, 9.17) is 0 Å². The molecular formula is C11H21N5O2S. The molecule has 1 fully saturated rings. The van der Waals surface area contributed by atoms with Crippen molar-refractivity contribution in [1.82, 2.24) is 24.7 Å². The van der Waals surface area contributed by atoms with E-state index in [1.165, 1.54) is 4.31 Å². The Hall–Kier alpha value is -0.960. The van der Waals surface area contributed by atoms with Gasteiger partial charge in [0.1, 0.15) is 0 Å². The van der Waals surface area contributed by atoms with Gasteiger partial charge in [0.25, 0.3) is 10.0 Å². The Labute approximate surface area is 114 Å². The van der Waals surface area contributed by atoms with Gasteiger partial charge in [-0.2, -0.15) is 9.40 Å². The smallest absolute Gasteiger partial charge is 0.262 e. The second kappa shape index (κ2) is 5.58. The van der Waals surface area contributed by atoms with Crippen molar-refractivity contribution in [1.29, 1.82) is 0 Å². The lowest BCUT2D eigenvalue weighted by Gasteiger charge is -2.31. The number of aromatic nitrogens is 2. The van der Waals surface area contributed by atoms with Crippen molar-refractivity contribution in [3.05, 3.63) is 11.3 Å². The third-order valence-electron chi connectivity index (χ3n) is 3.44. The Morgan fingerprint density at radius 3 is 2.53 bits per heavy atom. The van der Waals surface area contributed by atoms with Crippen LogP contribution in [-0.4, -0.2) is 68.1 Å². The molecule has 0 aromatic carbocycles. The normalized spacial score (nSPS) is 18.9. The van der Waals surface area contributed by atoms with Crippen molar-refractivity contribution < 1.29 is 8.42 Å². The van der Waals surface area contributed by atoms with Crippen LogP contribution in [0.3, 0.4) is 0 Å². The molecule has 0 atom stereocenters. The van der Waals surface area contributed by atoms with Gasteiger partial charge in [-0.05, 0) is 21.0 Å². The molecule has 108 valence electrons. The van der Waals surface area contributed by atoms with E-state index in [-0.39, 0.29) is 5.03 Å². The molecule has 2 rings (SSSR count). The van der Waals surface area contributed by atoms with E-state index in [2.05, 4.69) is 20.4 Å². The third kappa shape index (κ3) is 2.81. The van der Waals surface area contributed by atoms with Crippen molar-refractivity contribution in [3.8, 4) is 0 Å². The first-order valence-corrected chi connectivity index (χ1v) is 7.78. The Balaban J connectivity index is 2.29. The van der Waals surface area contributed by atoms with E-state index in [1.54, 1.807) is 7.05 Å². The number of nitrogens with zero attached hydrogens (tertiary/aromatic N) is 3. The van der Waals surface area contributed by atoms with Gasteiger partial charge >= 0.3 is 0 Å². The highest BCUT2D eigenvalue weighted by atomic mass is 32.2. The number of aryl methyl sites for hydroxylation is 1. The highest BCUT2D eigenvalue weighted by molar-refractivity contribution is 7.89. The number of rotatable bonds is 4. The molecule has 2 heterocycles. The van der Waals surface area contributed by atoms with Gasteiger partial charge in [0.2, 0.25) is 0 Å². The first-order valence-electron chi connectivity index (χ1n) is 6.34. The average Bonchev–Trinajstić information content (AvgIpc) is 2.73. The second-order valence-corrected chi connectivity index (χ2v) is 6.72. The SMILES string of the molecule is CNCc1c(S(=O)(=O)N2CCN(C)CC2)n[nH]c1C. The maximum atomic E-state index is 12.6. The maximum Gasteiger partial charge on any atom is 0.262 e. The lowest BCUT2D eigenvalue weighted by molar-refractivity contribution is 0.222. The second-order valence-electron chi connectivity index (χ2n) is 4.87. The number of hydrogen-bond acceptors (Lipinski definition) is 5. The van der Waals surface area contributed by atoms with Gasteiger partial charge in [-0.15, -0.1) is 0 Å². The number of sulfonamides is 1. The minimum absolute atomic E-state index is 0.156. The summed E-state index contributed by atoms with van der Waals surface area (Å²) in [5.74, 6) is 0. The molecule has 0 spiro atoms. The first-order chi connectivity index (χ1) is 8.96. The van der Waals surface area contributed by atoms with Gasteiger partial charge in [0.15, 0.2) is 5.03 Å². The molecule has 7 nitrogen and oxygen atoms in total. The highest BCUT2D eigenvalue weighted by Gasteiger charge is 2.32. The van der Waals surface area contributed by atoms with Gasteiger partial charge in [0, 0.05) is 44.0 Å². The van der Waals surface area contributed by atoms with Crippen molar-refractivity contribution in [2.45, 2.75) is 18.5 Å². The summed E-state index contributed by atoms with van der Waals surface area (Å²) in [6.07, 6.45) is 0. The van der Waals surface area contributed by atoms with E-state index < -0.39 is 10.0 Å². The average molecular weight is 287 g/mol. The van der Waals surface area contributed by atoms with Crippen LogP contribution in [0.2, 0.25) is 0 Å². The fourth-order valence-electron chi connectivity index (χ4n) is 2.18. The molecule has 1 aliphatic rings. The Morgan fingerprint density at radius 1 is 1.32 bits per heavy atom. The van der Waals surface area contributed by atoms with Crippen LogP contribution in [-0.2, 0) is 16.6 Å². The maximum absolute atomic E-state index is 12.6. The summed E-state index contributed by atoms with van der Waals surface area (Å²) in [6.45, 7) is 4.87. The zero-order valence-corrected chi connectivity index (χ0v) is 12.4. The third-order valence-corrected chi connectivity index (χ3v) is 5.31. The number of H-pyrrole nitrogens is 1. The first kappa shape index (κ1) is 14.4. The molecule has 0 bridgehead atoms. The highest BCUT2D eigenvalue weighted by Crippen LogP contribution is 2.21. The number of likely N-dealkylation sites (N-methyl/N-ethyl adjacent to an activating group) is 1. The van der Waals surface area contributed by atoms with Crippen LogP contribution in [0, 0.1) is 6.92 Å². The van der Waals surface area contributed by atoms with Crippen molar-refractivity contribution in [2.24, 2.45) is 0 Å². The van der Waals surface area contributed by atoms with Crippen LogP contribution in [0.15, 0.2) is 5.03 Å². The molecule has 1 aromatic rings. The van der Waals surface area contributed by atoms with Crippen LogP contribution >= 0.6 is 0 Å². The van der Waals surface area contributed by atoms with Gasteiger partial charge in [-0.1, -0.05) is 0 Å². The summed E-state index contributed by atoms with van der Waals surface area (Å²) < 4.78 is 26.7. The summed E-state index contributed by atoms with van der Waals surface area (Å²) >= 11 is 0.